The van der Waals surface area contributed by atoms with Gasteiger partial charge in [-0.15, -0.1) is 0 Å². The van der Waals surface area contributed by atoms with E-state index in [2.05, 4.69) is 5.10 Å². The third-order valence-corrected chi connectivity index (χ3v) is 5.90. The predicted molar refractivity (Wildman–Crippen MR) is 108 cm³/mol. The van der Waals surface area contributed by atoms with Crippen LogP contribution in [0.2, 0.25) is 0 Å². The fourth-order valence-corrected chi connectivity index (χ4v) is 3.95. The SMILES string of the molecule is COc1ccc(/C=C(/C#N)S(=O)(=O)c2ccccc2)cc1Cn1cc([N+](=O)[O-])cn1. The Morgan fingerprint density at radius 3 is 2.63 bits per heavy atom. The smallest absolute Gasteiger partial charge is 0.307 e. The van der Waals surface area contributed by atoms with Crippen LogP contribution >= 0.6 is 0 Å². The maximum atomic E-state index is 12.7. The van der Waals surface area contributed by atoms with E-state index in [9.17, 15) is 23.8 Å². The molecule has 1 heterocycles. The highest BCUT2D eigenvalue weighted by Gasteiger charge is 2.20. The molecule has 2 aromatic carbocycles. The predicted octanol–water partition coefficient (Wildman–Crippen LogP) is 3.19. The molecule has 3 aromatic rings. The van der Waals surface area contributed by atoms with Crippen LogP contribution in [0.15, 0.2) is 70.7 Å². The molecule has 152 valence electrons. The van der Waals surface area contributed by atoms with Crippen molar-refractivity contribution in [1.29, 1.82) is 5.26 Å². The number of rotatable bonds is 7. The Kier molecular flexibility index (Phi) is 5.94. The maximum Gasteiger partial charge on any atom is 0.307 e. The summed E-state index contributed by atoms with van der Waals surface area (Å²) >= 11 is 0. The number of hydrogen-bond donors (Lipinski definition) is 0. The Morgan fingerprint density at radius 1 is 1.30 bits per heavy atom. The van der Waals surface area contributed by atoms with Crippen molar-refractivity contribution in [3.63, 3.8) is 0 Å². The average Bonchev–Trinajstić information content (AvgIpc) is 3.21. The van der Waals surface area contributed by atoms with E-state index < -0.39 is 19.7 Å². The second-order valence-corrected chi connectivity index (χ2v) is 8.08. The van der Waals surface area contributed by atoms with E-state index in [-0.39, 0.29) is 17.1 Å². The third kappa shape index (κ3) is 4.37. The number of hydrogen-bond acceptors (Lipinski definition) is 7. The highest BCUT2D eigenvalue weighted by molar-refractivity contribution is 7.95. The summed E-state index contributed by atoms with van der Waals surface area (Å²) in [6, 6.07) is 14.3. The van der Waals surface area contributed by atoms with Gasteiger partial charge in [-0.2, -0.15) is 10.4 Å². The van der Waals surface area contributed by atoms with Gasteiger partial charge < -0.3 is 4.74 Å². The maximum absolute atomic E-state index is 12.7. The number of aromatic nitrogens is 2. The van der Waals surface area contributed by atoms with Crippen LogP contribution in [0.3, 0.4) is 0 Å². The molecule has 0 spiro atoms. The van der Waals surface area contributed by atoms with Crippen LogP contribution in [-0.2, 0) is 16.4 Å². The summed E-state index contributed by atoms with van der Waals surface area (Å²) in [4.78, 5) is 9.91. The molecule has 0 amide bonds. The molecule has 1 aromatic heterocycles. The van der Waals surface area contributed by atoms with Crippen LogP contribution in [0, 0.1) is 21.4 Å². The number of ether oxygens (including phenoxy) is 1. The number of nitrogens with zero attached hydrogens (tertiary/aromatic N) is 4. The third-order valence-electron chi connectivity index (χ3n) is 4.22. The molecular weight excluding hydrogens is 408 g/mol. The summed E-state index contributed by atoms with van der Waals surface area (Å²) in [6.45, 7) is 0.159. The van der Waals surface area contributed by atoms with E-state index in [4.69, 9.17) is 4.74 Å². The molecule has 0 atom stereocenters. The van der Waals surface area contributed by atoms with Crippen LogP contribution < -0.4 is 4.74 Å². The van der Waals surface area contributed by atoms with Gasteiger partial charge in [0, 0.05) is 5.56 Å². The Morgan fingerprint density at radius 2 is 2.03 bits per heavy atom. The van der Waals surface area contributed by atoms with E-state index in [0.29, 0.717) is 16.9 Å². The minimum Gasteiger partial charge on any atom is -0.496 e. The van der Waals surface area contributed by atoms with Crippen LogP contribution in [0.25, 0.3) is 6.08 Å². The van der Waals surface area contributed by atoms with Gasteiger partial charge >= 0.3 is 5.69 Å². The molecule has 0 saturated heterocycles. The molecule has 0 unspecified atom stereocenters. The zero-order valence-corrected chi connectivity index (χ0v) is 16.6. The summed E-state index contributed by atoms with van der Waals surface area (Å²) in [5.41, 5.74) is 0.924. The Hall–Kier alpha value is -3.97. The Bertz CT molecular complexity index is 1260. The Labute approximate surface area is 172 Å². The topological polar surface area (TPSA) is 128 Å². The van der Waals surface area contributed by atoms with E-state index in [1.165, 1.54) is 36.2 Å². The van der Waals surface area contributed by atoms with Crippen molar-refractivity contribution in [2.45, 2.75) is 11.4 Å². The van der Waals surface area contributed by atoms with E-state index in [0.717, 1.165) is 6.20 Å². The van der Waals surface area contributed by atoms with E-state index in [1.807, 2.05) is 0 Å². The van der Waals surface area contributed by atoms with Gasteiger partial charge in [0.2, 0.25) is 9.84 Å². The van der Waals surface area contributed by atoms with Crippen LogP contribution in [0.5, 0.6) is 5.75 Å². The summed E-state index contributed by atoms with van der Waals surface area (Å²) in [5, 5.41) is 24.2. The first-order valence-electron chi connectivity index (χ1n) is 8.61. The van der Waals surface area contributed by atoms with Crippen molar-refractivity contribution >= 4 is 21.6 Å². The second-order valence-electron chi connectivity index (χ2n) is 6.16. The quantitative estimate of drug-likeness (QED) is 0.324. The molecule has 0 radical (unpaired) electrons. The fourth-order valence-electron chi connectivity index (χ4n) is 2.77. The van der Waals surface area contributed by atoms with Gasteiger partial charge in [-0.05, 0) is 35.9 Å². The van der Waals surface area contributed by atoms with Crippen molar-refractivity contribution in [2.75, 3.05) is 7.11 Å². The number of sulfone groups is 1. The molecule has 0 N–H and O–H groups in total. The summed E-state index contributed by atoms with van der Waals surface area (Å²) < 4.78 is 32.2. The molecule has 0 saturated carbocycles. The van der Waals surface area contributed by atoms with Gasteiger partial charge in [0.1, 0.15) is 29.1 Å². The lowest BCUT2D eigenvalue weighted by atomic mass is 10.1. The molecule has 30 heavy (non-hydrogen) atoms. The van der Waals surface area contributed by atoms with E-state index >= 15 is 0 Å². The summed E-state index contributed by atoms with van der Waals surface area (Å²) in [7, 11) is -2.49. The van der Waals surface area contributed by atoms with Crippen molar-refractivity contribution < 1.29 is 18.1 Å². The molecular formula is C20H16N4O5S. The zero-order chi connectivity index (χ0) is 21.7. The monoisotopic (exact) mass is 424 g/mol. The minimum absolute atomic E-state index is 0.0235. The normalized spacial score (nSPS) is 11.7. The largest absolute Gasteiger partial charge is 0.496 e. The zero-order valence-electron chi connectivity index (χ0n) is 15.8. The molecule has 3 rings (SSSR count). The van der Waals surface area contributed by atoms with Gasteiger partial charge in [-0.1, -0.05) is 24.3 Å². The van der Waals surface area contributed by atoms with Gasteiger partial charge in [-0.25, -0.2) is 8.42 Å². The first-order chi connectivity index (χ1) is 14.3. The van der Waals surface area contributed by atoms with Gasteiger partial charge in [-0.3, -0.25) is 14.8 Å². The minimum atomic E-state index is -3.97. The lowest BCUT2D eigenvalue weighted by Gasteiger charge is -2.10. The first kappa shape index (κ1) is 20.8. The highest BCUT2D eigenvalue weighted by Crippen LogP contribution is 2.25. The number of nitro groups is 1. The molecule has 0 bridgehead atoms. The molecule has 0 fully saturated rings. The molecule has 9 nitrogen and oxygen atoms in total. The highest BCUT2D eigenvalue weighted by atomic mass is 32.2. The number of nitriles is 1. The lowest BCUT2D eigenvalue weighted by molar-refractivity contribution is -0.385. The number of allylic oxidation sites excluding steroid dienone is 1. The van der Waals surface area contributed by atoms with Crippen molar-refractivity contribution in [3.8, 4) is 11.8 Å². The molecule has 0 aliphatic rings. The van der Waals surface area contributed by atoms with Crippen LogP contribution in [0.1, 0.15) is 11.1 Å². The Balaban J connectivity index is 1.98. The molecule has 10 heteroatoms. The summed E-state index contributed by atoms with van der Waals surface area (Å²) in [5.74, 6) is 0.495. The molecule has 0 aliphatic heterocycles. The fraction of sp³-hybridized carbons (Fsp3) is 0.100. The van der Waals surface area contributed by atoms with E-state index in [1.54, 1.807) is 42.5 Å². The summed E-state index contributed by atoms with van der Waals surface area (Å²) in [6.07, 6.45) is 3.69. The first-order valence-corrected chi connectivity index (χ1v) is 10.1. The lowest BCUT2D eigenvalue weighted by Crippen LogP contribution is -2.04. The number of benzene rings is 2. The number of methoxy groups -OCH3 is 1. The average molecular weight is 424 g/mol. The molecule has 0 aliphatic carbocycles. The van der Waals surface area contributed by atoms with Crippen LogP contribution in [0.4, 0.5) is 5.69 Å². The standard InChI is InChI=1S/C20H16N4O5S/c1-29-20-8-7-15(9-16(20)13-23-14-17(12-22-23)24(25)26)10-19(11-21)30(27,28)18-5-3-2-4-6-18/h2-10,12,14H,13H2,1H3/b19-10-. The van der Waals surface area contributed by atoms with Crippen LogP contribution in [-0.4, -0.2) is 30.2 Å². The van der Waals surface area contributed by atoms with Gasteiger partial charge in [0.15, 0.2) is 0 Å². The van der Waals surface area contributed by atoms with Crippen molar-refractivity contribution in [3.05, 3.63) is 87.1 Å². The van der Waals surface area contributed by atoms with Gasteiger partial charge in [0.25, 0.3) is 0 Å². The van der Waals surface area contributed by atoms with Gasteiger partial charge in [0.05, 0.1) is 23.5 Å². The van der Waals surface area contributed by atoms with Crippen molar-refractivity contribution in [1.82, 2.24) is 9.78 Å². The van der Waals surface area contributed by atoms with Crippen molar-refractivity contribution in [2.24, 2.45) is 0 Å². The second kappa shape index (κ2) is 8.59.